The lowest BCUT2D eigenvalue weighted by molar-refractivity contribution is 1.07. The van der Waals surface area contributed by atoms with Crippen LogP contribution in [0.5, 0.6) is 0 Å². The maximum absolute atomic E-state index is 5.21. The standard InChI is InChI=1S/C50H32N4/c1-3-13-33(14-4-1)34-24-26-37(27-25-34)49-52-48(36-15-5-2-6-16-36)53-50(54-49)41-30-39(43-23-11-18-35-19-12-28-51-47(35)43)29-40(31-41)46-32-38-17-7-8-20-42(38)44-21-9-10-22-45(44)46/h1-32H. The molecule has 0 N–H and O–H groups in total. The maximum Gasteiger partial charge on any atom is 0.164 e. The second kappa shape index (κ2) is 13.4. The molecule has 2 heterocycles. The van der Waals surface area contributed by atoms with Crippen molar-refractivity contribution in [1.82, 2.24) is 19.9 Å². The van der Waals surface area contributed by atoms with Gasteiger partial charge in [0.05, 0.1) is 5.52 Å². The van der Waals surface area contributed by atoms with E-state index < -0.39 is 0 Å². The van der Waals surface area contributed by atoms with Crippen molar-refractivity contribution in [3.63, 3.8) is 0 Å². The average Bonchev–Trinajstić information content (AvgIpc) is 3.26. The van der Waals surface area contributed by atoms with Crippen LogP contribution in [0.3, 0.4) is 0 Å². The molecule has 8 aromatic carbocycles. The molecule has 0 amide bonds. The van der Waals surface area contributed by atoms with Crippen molar-refractivity contribution in [1.29, 1.82) is 0 Å². The van der Waals surface area contributed by atoms with Crippen LogP contribution in [0.15, 0.2) is 194 Å². The van der Waals surface area contributed by atoms with Gasteiger partial charge in [0.2, 0.25) is 0 Å². The summed E-state index contributed by atoms with van der Waals surface area (Å²) < 4.78 is 0. The number of aromatic nitrogens is 4. The van der Waals surface area contributed by atoms with Crippen molar-refractivity contribution in [3.05, 3.63) is 194 Å². The first-order valence-electron chi connectivity index (χ1n) is 18.1. The molecule has 252 valence electrons. The Morgan fingerprint density at radius 2 is 0.778 bits per heavy atom. The van der Waals surface area contributed by atoms with Crippen molar-refractivity contribution in [2.75, 3.05) is 0 Å². The topological polar surface area (TPSA) is 51.6 Å². The third-order valence-corrected chi connectivity index (χ3v) is 10.1. The minimum atomic E-state index is 0.604. The Kier molecular flexibility index (Phi) is 7.77. The third-order valence-electron chi connectivity index (χ3n) is 10.1. The van der Waals surface area contributed by atoms with Crippen LogP contribution in [-0.2, 0) is 0 Å². The molecule has 54 heavy (non-hydrogen) atoms. The van der Waals surface area contributed by atoms with Gasteiger partial charge in [-0.05, 0) is 79.7 Å². The quantitative estimate of drug-likeness (QED) is 0.163. The molecule has 0 atom stereocenters. The molecule has 4 nitrogen and oxygen atoms in total. The summed E-state index contributed by atoms with van der Waals surface area (Å²) >= 11 is 0. The van der Waals surface area contributed by atoms with E-state index in [-0.39, 0.29) is 0 Å². The first-order valence-corrected chi connectivity index (χ1v) is 18.1. The lowest BCUT2D eigenvalue weighted by atomic mass is 9.90. The van der Waals surface area contributed by atoms with E-state index in [1.165, 1.54) is 27.1 Å². The van der Waals surface area contributed by atoms with Crippen LogP contribution in [0.1, 0.15) is 0 Å². The number of fused-ring (bicyclic) bond motifs is 4. The number of nitrogens with zero attached hydrogens (tertiary/aromatic N) is 4. The van der Waals surface area contributed by atoms with Crippen LogP contribution in [0.25, 0.3) is 100.0 Å². The van der Waals surface area contributed by atoms with Gasteiger partial charge in [0.1, 0.15) is 0 Å². The second-order valence-corrected chi connectivity index (χ2v) is 13.5. The van der Waals surface area contributed by atoms with Crippen LogP contribution in [0.4, 0.5) is 0 Å². The largest absolute Gasteiger partial charge is 0.256 e. The van der Waals surface area contributed by atoms with Gasteiger partial charge in [-0.15, -0.1) is 0 Å². The molecule has 4 heteroatoms. The number of pyridine rings is 1. The summed E-state index contributed by atoms with van der Waals surface area (Å²) in [5, 5.41) is 5.93. The highest BCUT2D eigenvalue weighted by Crippen LogP contribution is 2.40. The Morgan fingerprint density at radius 1 is 0.278 bits per heavy atom. The van der Waals surface area contributed by atoms with Crippen molar-refractivity contribution in [3.8, 4) is 67.5 Å². The van der Waals surface area contributed by atoms with Crippen LogP contribution < -0.4 is 0 Å². The molecule has 0 aliphatic rings. The molecular formula is C50H32N4. The molecule has 0 spiro atoms. The molecule has 10 aromatic rings. The number of rotatable bonds is 6. The molecule has 0 saturated carbocycles. The molecular weight excluding hydrogens is 657 g/mol. The monoisotopic (exact) mass is 688 g/mol. The lowest BCUT2D eigenvalue weighted by Gasteiger charge is -2.15. The smallest absolute Gasteiger partial charge is 0.164 e. The van der Waals surface area contributed by atoms with E-state index in [0.717, 1.165) is 55.4 Å². The van der Waals surface area contributed by atoms with Gasteiger partial charge in [0, 0.05) is 33.8 Å². The summed E-state index contributed by atoms with van der Waals surface area (Å²) in [7, 11) is 0. The molecule has 0 bridgehead atoms. The predicted molar refractivity (Wildman–Crippen MR) is 223 cm³/mol. The van der Waals surface area contributed by atoms with Gasteiger partial charge in [0.25, 0.3) is 0 Å². The number of hydrogen-bond acceptors (Lipinski definition) is 4. The lowest BCUT2D eigenvalue weighted by Crippen LogP contribution is -2.01. The molecule has 0 saturated heterocycles. The van der Waals surface area contributed by atoms with Gasteiger partial charge in [-0.2, -0.15) is 0 Å². The molecule has 2 aromatic heterocycles. The molecule has 0 unspecified atom stereocenters. The summed E-state index contributed by atoms with van der Waals surface area (Å²) in [6, 6.07) is 65.8. The zero-order chi connectivity index (χ0) is 35.8. The molecule has 0 fully saturated rings. The zero-order valence-electron chi connectivity index (χ0n) is 29.3. The number of benzene rings is 8. The SMILES string of the molecule is c1ccc(-c2ccc(-c3nc(-c4ccccc4)nc(-c4cc(-c5cc6ccccc6c6ccccc56)cc(-c5cccc6cccnc56)c4)n3)cc2)cc1. The van der Waals surface area contributed by atoms with E-state index in [1.54, 1.807) is 0 Å². The fraction of sp³-hybridized carbons (Fsp3) is 0. The van der Waals surface area contributed by atoms with Gasteiger partial charge in [-0.1, -0.05) is 158 Å². The highest BCUT2D eigenvalue weighted by atomic mass is 15.0. The highest BCUT2D eigenvalue weighted by Gasteiger charge is 2.17. The van der Waals surface area contributed by atoms with Crippen LogP contribution in [0, 0.1) is 0 Å². The van der Waals surface area contributed by atoms with E-state index in [0.29, 0.717) is 17.5 Å². The Morgan fingerprint density at radius 3 is 1.52 bits per heavy atom. The average molecular weight is 689 g/mol. The van der Waals surface area contributed by atoms with E-state index in [1.807, 2.05) is 48.7 Å². The Labute approximate surface area is 313 Å². The van der Waals surface area contributed by atoms with Gasteiger partial charge in [0.15, 0.2) is 17.5 Å². The van der Waals surface area contributed by atoms with Gasteiger partial charge >= 0.3 is 0 Å². The summed E-state index contributed by atoms with van der Waals surface area (Å²) in [6.07, 6.45) is 1.86. The minimum absolute atomic E-state index is 0.604. The van der Waals surface area contributed by atoms with E-state index in [4.69, 9.17) is 19.9 Å². The molecule has 0 radical (unpaired) electrons. The van der Waals surface area contributed by atoms with Crippen molar-refractivity contribution in [2.45, 2.75) is 0 Å². The number of hydrogen-bond donors (Lipinski definition) is 0. The highest BCUT2D eigenvalue weighted by molar-refractivity contribution is 6.14. The Bertz CT molecular complexity index is 2970. The predicted octanol–water partition coefficient (Wildman–Crippen LogP) is 12.7. The second-order valence-electron chi connectivity index (χ2n) is 13.5. The van der Waals surface area contributed by atoms with Crippen LogP contribution in [-0.4, -0.2) is 19.9 Å². The van der Waals surface area contributed by atoms with Crippen LogP contribution in [0.2, 0.25) is 0 Å². The summed E-state index contributed by atoms with van der Waals surface area (Å²) in [5.74, 6) is 1.85. The van der Waals surface area contributed by atoms with Crippen molar-refractivity contribution < 1.29 is 0 Å². The summed E-state index contributed by atoms with van der Waals surface area (Å²) in [6.45, 7) is 0. The third kappa shape index (κ3) is 5.76. The van der Waals surface area contributed by atoms with Gasteiger partial charge in [-0.25, -0.2) is 15.0 Å². The Hall–Kier alpha value is -7.30. The Balaban J connectivity index is 1.22. The molecule has 10 rings (SSSR count). The fourth-order valence-corrected chi connectivity index (χ4v) is 7.49. The first kappa shape index (κ1) is 31.4. The van der Waals surface area contributed by atoms with Crippen molar-refractivity contribution >= 4 is 32.4 Å². The first-order chi connectivity index (χ1) is 26.7. The zero-order valence-corrected chi connectivity index (χ0v) is 29.3. The summed E-state index contributed by atoms with van der Waals surface area (Å²) in [4.78, 5) is 20.3. The number of para-hydroxylation sites is 1. The maximum atomic E-state index is 5.21. The minimum Gasteiger partial charge on any atom is -0.256 e. The van der Waals surface area contributed by atoms with E-state index >= 15 is 0 Å². The van der Waals surface area contributed by atoms with E-state index in [9.17, 15) is 0 Å². The fourth-order valence-electron chi connectivity index (χ4n) is 7.49. The van der Waals surface area contributed by atoms with E-state index in [2.05, 4.69) is 146 Å². The van der Waals surface area contributed by atoms with Gasteiger partial charge < -0.3 is 0 Å². The van der Waals surface area contributed by atoms with Crippen LogP contribution >= 0.6 is 0 Å². The molecule has 0 aliphatic heterocycles. The van der Waals surface area contributed by atoms with Crippen molar-refractivity contribution in [2.24, 2.45) is 0 Å². The summed E-state index contributed by atoms with van der Waals surface area (Å²) in [5.41, 5.74) is 10.3. The molecule has 0 aliphatic carbocycles. The normalized spacial score (nSPS) is 11.3. The van der Waals surface area contributed by atoms with Gasteiger partial charge in [-0.3, -0.25) is 4.98 Å².